The van der Waals surface area contributed by atoms with Crippen molar-refractivity contribution in [3.05, 3.63) is 45.7 Å². The molecule has 1 heterocycles. The lowest BCUT2D eigenvalue weighted by molar-refractivity contribution is 0.677. The van der Waals surface area contributed by atoms with E-state index in [9.17, 15) is 0 Å². The van der Waals surface area contributed by atoms with Gasteiger partial charge in [-0.1, -0.05) is 29.8 Å². The topological polar surface area (TPSA) is 29.9 Å². The molecule has 1 saturated carbocycles. The molecule has 4 heteroatoms. The second-order valence-corrected chi connectivity index (χ2v) is 6.59. The zero-order valence-corrected chi connectivity index (χ0v) is 14.3. The summed E-state index contributed by atoms with van der Waals surface area (Å²) >= 11 is 3.59. The highest BCUT2D eigenvalue weighted by Crippen LogP contribution is 2.24. The molecule has 0 radical (unpaired) electrons. The van der Waals surface area contributed by atoms with Crippen LogP contribution in [0.2, 0.25) is 0 Å². The normalized spacial score (nSPS) is 14.6. The lowest BCUT2D eigenvalue weighted by Crippen LogP contribution is -2.17. The van der Waals surface area contributed by atoms with Crippen LogP contribution in [0.4, 0.5) is 0 Å². The maximum Gasteiger partial charge on any atom is 0.0694 e. The number of aromatic nitrogens is 2. The number of hydrogen-bond acceptors (Lipinski definition) is 2. The standard InChI is InChI=1S/C17H22BrN3/c1-3-14-10-16(4-2)21(20-14)17-8-5-13(18)9-12(17)11-19-15-6-7-15/h5,8-10,15,19H,3-4,6-7,11H2,1-2H3. The molecule has 112 valence electrons. The van der Waals surface area contributed by atoms with Gasteiger partial charge in [0, 0.05) is 22.8 Å². The van der Waals surface area contributed by atoms with Crippen molar-refractivity contribution in [2.24, 2.45) is 0 Å². The smallest absolute Gasteiger partial charge is 0.0694 e. The van der Waals surface area contributed by atoms with E-state index in [4.69, 9.17) is 5.10 Å². The third kappa shape index (κ3) is 3.38. The van der Waals surface area contributed by atoms with Crippen LogP contribution in [0.25, 0.3) is 5.69 Å². The maximum atomic E-state index is 4.78. The molecule has 2 aromatic rings. The van der Waals surface area contributed by atoms with Crippen LogP contribution in [0.1, 0.15) is 43.6 Å². The second-order valence-electron chi connectivity index (χ2n) is 5.67. The molecule has 21 heavy (non-hydrogen) atoms. The number of rotatable bonds is 6. The SMILES string of the molecule is CCc1cc(CC)n(-c2ccc(Br)cc2CNC2CC2)n1. The maximum absolute atomic E-state index is 4.78. The Morgan fingerprint density at radius 3 is 2.71 bits per heavy atom. The summed E-state index contributed by atoms with van der Waals surface area (Å²) in [5, 5.41) is 8.38. The first-order valence-corrected chi connectivity index (χ1v) is 8.60. The van der Waals surface area contributed by atoms with Crippen LogP contribution in [0.5, 0.6) is 0 Å². The Morgan fingerprint density at radius 2 is 2.05 bits per heavy atom. The van der Waals surface area contributed by atoms with Crippen LogP contribution in [-0.2, 0) is 19.4 Å². The molecule has 0 atom stereocenters. The Hall–Kier alpha value is -1.13. The van der Waals surface area contributed by atoms with Gasteiger partial charge in [0.15, 0.2) is 0 Å². The quantitative estimate of drug-likeness (QED) is 0.855. The predicted molar refractivity (Wildman–Crippen MR) is 89.9 cm³/mol. The summed E-state index contributed by atoms with van der Waals surface area (Å²) in [5.41, 5.74) is 4.94. The Balaban J connectivity index is 1.97. The van der Waals surface area contributed by atoms with Crippen molar-refractivity contribution < 1.29 is 0 Å². The summed E-state index contributed by atoms with van der Waals surface area (Å²) in [4.78, 5) is 0. The molecule has 1 fully saturated rings. The second kappa shape index (κ2) is 6.32. The summed E-state index contributed by atoms with van der Waals surface area (Å²) in [5.74, 6) is 0. The lowest BCUT2D eigenvalue weighted by atomic mass is 10.1. The molecular weight excluding hydrogens is 326 g/mol. The Morgan fingerprint density at radius 1 is 1.24 bits per heavy atom. The van der Waals surface area contributed by atoms with Crippen molar-refractivity contribution in [3.63, 3.8) is 0 Å². The van der Waals surface area contributed by atoms with E-state index in [-0.39, 0.29) is 0 Å². The minimum atomic E-state index is 0.714. The van der Waals surface area contributed by atoms with E-state index < -0.39 is 0 Å². The molecule has 1 aliphatic carbocycles. The summed E-state index contributed by atoms with van der Waals surface area (Å²) in [6.07, 6.45) is 4.60. The molecule has 1 N–H and O–H groups in total. The molecule has 0 spiro atoms. The van der Waals surface area contributed by atoms with Crippen molar-refractivity contribution in [2.45, 2.75) is 52.1 Å². The number of hydrogen-bond donors (Lipinski definition) is 1. The zero-order valence-electron chi connectivity index (χ0n) is 12.7. The molecule has 3 nitrogen and oxygen atoms in total. The van der Waals surface area contributed by atoms with Crippen molar-refractivity contribution in [1.82, 2.24) is 15.1 Å². The third-order valence-electron chi connectivity index (χ3n) is 3.99. The van der Waals surface area contributed by atoms with Gasteiger partial charge in [-0.15, -0.1) is 0 Å². The third-order valence-corrected chi connectivity index (χ3v) is 4.48. The van der Waals surface area contributed by atoms with E-state index in [1.807, 2.05) is 0 Å². The summed E-state index contributed by atoms with van der Waals surface area (Å²) in [6.45, 7) is 5.25. The molecule has 0 saturated heterocycles. The molecule has 0 unspecified atom stereocenters. The average Bonchev–Trinajstić information content (AvgIpc) is 3.23. The van der Waals surface area contributed by atoms with Gasteiger partial charge in [-0.25, -0.2) is 4.68 Å². The van der Waals surface area contributed by atoms with Crippen LogP contribution in [-0.4, -0.2) is 15.8 Å². The average molecular weight is 348 g/mol. The Kier molecular flexibility index (Phi) is 4.45. The monoisotopic (exact) mass is 347 g/mol. The molecule has 3 rings (SSSR count). The van der Waals surface area contributed by atoms with Crippen molar-refractivity contribution in [3.8, 4) is 5.69 Å². The van der Waals surface area contributed by atoms with E-state index in [0.717, 1.165) is 29.6 Å². The molecule has 0 amide bonds. The highest BCUT2D eigenvalue weighted by atomic mass is 79.9. The summed E-state index contributed by atoms with van der Waals surface area (Å²) in [7, 11) is 0. The van der Waals surface area contributed by atoms with Crippen LogP contribution in [0.15, 0.2) is 28.7 Å². The first-order valence-electron chi connectivity index (χ1n) is 7.81. The van der Waals surface area contributed by atoms with Crippen molar-refractivity contribution in [2.75, 3.05) is 0 Å². The fourth-order valence-electron chi connectivity index (χ4n) is 2.55. The van der Waals surface area contributed by atoms with Crippen molar-refractivity contribution >= 4 is 15.9 Å². The fourth-order valence-corrected chi connectivity index (χ4v) is 2.96. The predicted octanol–water partition coefficient (Wildman–Crippen LogP) is 4.01. The summed E-state index contributed by atoms with van der Waals surface area (Å²) < 4.78 is 3.25. The van der Waals surface area contributed by atoms with E-state index in [0.29, 0.717) is 6.04 Å². The van der Waals surface area contributed by atoms with Crippen LogP contribution in [0.3, 0.4) is 0 Å². The number of benzene rings is 1. The van der Waals surface area contributed by atoms with Gasteiger partial charge in [-0.3, -0.25) is 0 Å². The van der Waals surface area contributed by atoms with E-state index in [1.165, 1.54) is 29.8 Å². The minimum absolute atomic E-state index is 0.714. The Labute approximate surface area is 134 Å². The highest BCUT2D eigenvalue weighted by molar-refractivity contribution is 9.10. The van der Waals surface area contributed by atoms with Gasteiger partial charge < -0.3 is 5.32 Å². The van der Waals surface area contributed by atoms with Gasteiger partial charge in [-0.05, 0) is 55.5 Å². The van der Waals surface area contributed by atoms with Gasteiger partial charge >= 0.3 is 0 Å². The first kappa shape index (κ1) is 14.8. The number of aryl methyl sites for hydroxylation is 2. The van der Waals surface area contributed by atoms with E-state index in [2.05, 4.69) is 64.0 Å². The van der Waals surface area contributed by atoms with E-state index in [1.54, 1.807) is 0 Å². The number of halogens is 1. The van der Waals surface area contributed by atoms with Crippen LogP contribution < -0.4 is 5.32 Å². The molecule has 1 aliphatic rings. The fraction of sp³-hybridized carbons (Fsp3) is 0.471. The molecule has 1 aromatic carbocycles. The largest absolute Gasteiger partial charge is 0.310 e. The van der Waals surface area contributed by atoms with Gasteiger partial charge in [0.2, 0.25) is 0 Å². The number of nitrogens with zero attached hydrogens (tertiary/aromatic N) is 2. The first-order chi connectivity index (χ1) is 10.2. The lowest BCUT2D eigenvalue weighted by Gasteiger charge is -2.13. The Bertz CT molecular complexity index is 629. The minimum Gasteiger partial charge on any atom is -0.310 e. The molecule has 0 aliphatic heterocycles. The summed E-state index contributed by atoms with van der Waals surface area (Å²) in [6, 6.07) is 9.41. The molecule has 0 bridgehead atoms. The van der Waals surface area contributed by atoms with Gasteiger partial charge in [-0.2, -0.15) is 5.10 Å². The van der Waals surface area contributed by atoms with Crippen molar-refractivity contribution in [1.29, 1.82) is 0 Å². The molecule has 1 aromatic heterocycles. The van der Waals surface area contributed by atoms with Gasteiger partial charge in [0.05, 0.1) is 11.4 Å². The molecular formula is C17H22BrN3. The zero-order chi connectivity index (χ0) is 14.8. The van der Waals surface area contributed by atoms with Gasteiger partial charge in [0.1, 0.15) is 0 Å². The van der Waals surface area contributed by atoms with Crippen LogP contribution >= 0.6 is 15.9 Å². The van der Waals surface area contributed by atoms with E-state index >= 15 is 0 Å². The number of nitrogens with one attached hydrogen (secondary N) is 1. The van der Waals surface area contributed by atoms with Gasteiger partial charge in [0.25, 0.3) is 0 Å². The highest BCUT2D eigenvalue weighted by Gasteiger charge is 2.21. The van der Waals surface area contributed by atoms with Crippen LogP contribution in [0, 0.1) is 0 Å².